The van der Waals surface area contributed by atoms with Crippen molar-refractivity contribution in [1.82, 2.24) is 15.5 Å². The summed E-state index contributed by atoms with van der Waals surface area (Å²) in [5.41, 5.74) is 0.978. The quantitative estimate of drug-likeness (QED) is 0.856. The Morgan fingerprint density at radius 1 is 1.27 bits per heavy atom. The SMILES string of the molecule is Cc1ccc(CNCc2cccnn2)s1. The first kappa shape index (κ1) is 10.3. The molecule has 2 aromatic heterocycles. The van der Waals surface area contributed by atoms with Gasteiger partial charge >= 0.3 is 0 Å². The number of thiophene rings is 1. The van der Waals surface area contributed by atoms with Gasteiger partial charge in [-0.15, -0.1) is 11.3 Å². The van der Waals surface area contributed by atoms with E-state index in [1.165, 1.54) is 9.75 Å². The fourth-order valence-corrected chi connectivity index (χ4v) is 2.18. The van der Waals surface area contributed by atoms with Gasteiger partial charge in [-0.05, 0) is 31.2 Å². The van der Waals surface area contributed by atoms with Gasteiger partial charge in [-0.1, -0.05) is 0 Å². The van der Waals surface area contributed by atoms with Gasteiger partial charge in [0.2, 0.25) is 0 Å². The Balaban J connectivity index is 1.80. The van der Waals surface area contributed by atoms with Gasteiger partial charge in [-0.3, -0.25) is 0 Å². The normalized spacial score (nSPS) is 10.5. The minimum Gasteiger partial charge on any atom is -0.306 e. The first-order chi connectivity index (χ1) is 7.34. The van der Waals surface area contributed by atoms with E-state index in [0.717, 1.165) is 18.8 Å². The molecule has 4 heteroatoms. The summed E-state index contributed by atoms with van der Waals surface area (Å²) in [6, 6.07) is 8.17. The Morgan fingerprint density at radius 3 is 2.87 bits per heavy atom. The number of hydrogen-bond donors (Lipinski definition) is 1. The first-order valence-corrected chi connectivity index (χ1v) is 5.69. The van der Waals surface area contributed by atoms with Crippen molar-refractivity contribution in [2.24, 2.45) is 0 Å². The van der Waals surface area contributed by atoms with Crippen molar-refractivity contribution in [3.05, 3.63) is 45.9 Å². The molecule has 0 aromatic carbocycles. The van der Waals surface area contributed by atoms with Crippen LogP contribution in [0, 0.1) is 6.92 Å². The molecule has 15 heavy (non-hydrogen) atoms. The van der Waals surface area contributed by atoms with E-state index in [1.54, 1.807) is 6.20 Å². The molecule has 0 aliphatic carbocycles. The monoisotopic (exact) mass is 219 g/mol. The molecule has 0 saturated carbocycles. The Hall–Kier alpha value is -1.26. The average Bonchev–Trinajstić information content (AvgIpc) is 2.66. The number of nitrogens with one attached hydrogen (secondary N) is 1. The van der Waals surface area contributed by atoms with Crippen molar-refractivity contribution in [2.45, 2.75) is 20.0 Å². The van der Waals surface area contributed by atoms with E-state index in [2.05, 4.69) is 34.6 Å². The van der Waals surface area contributed by atoms with E-state index < -0.39 is 0 Å². The predicted octanol–water partition coefficient (Wildman–Crippen LogP) is 2.14. The smallest absolute Gasteiger partial charge is 0.0769 e. The van der Waals surface area contributed by atoms with Crippen LogP contribution in [0.3, 0.4) is 0 Å². The van der Waals surface area contributed by atoms with E-state index in [0.29, 0.717) is 0 Å². The number of hydrogen-bond acceptors (Lipinski definition) is 4. The van der Waals surface area contributed by atoms with Crippen molar-refractivity contribution >= 4 is 11.3 Å². The van der Waals surface area contributed by atoms with Crippen LogP contribution in [-0.4, -0.2) is 10.2 Å². The van der Waals surface area contributed by atoms with Gasteiger partial charge in [0.1, 0.15) is 0 Å². The van der Waals surface area contributed by atoms with Crippen LogP contribution in [0.5, 0.6) is 0 Å². The summed E-state index contributed by atoms with van der Waals surface area (Å²) < 4.78 is 0. The largest absolute Gasteiger partial charge is 0.306 e. The molecule has 3 nitrogen and oxygen atoms in total. The van der Waals surface area contributed by atoms with Crippen molar-refractivity contribution in [3.8, 4) is 0 Å². The second kappa shape index (κ2) is 5.00. The highest BCUT2D eigenvalue weighted by Crippen LogP contribution is 2.14. The fourth-order valence-electron chi connectivity index (χ4n) is 1.32. The van der Waals surface area contributed by atoms with Gasteiger partial charge in [0, 0.05) is 29.0 Å². The molecule has 0 atom stereocenters. The van der Waals surface area contributed by atoms with Gasteiger partial charge < -0.3 is 5.32 Å². The summed E-state index contributed by atoms with van der Waals surface area (Å²) in [7, 11) is 0. The van der Waals surface area contributed by atoms with Crippen LogP contribution in [0.1, 0.15) is 15.4 Å². The minimum absolute atomic E-state index is 0.769. The van der Waals surface area contributed by atoms with Crippen LogP contribution in [0.15, 0.2) is 30.5 Å². The van der Waals surface area contributed by atoms with Gasteiger partial charge in [-0.2, -0.15) is 10.2 Å². The Labute approximate surface area is 93.2 Å². The van der Waals surface area contributed by atoms with Crippen LogP contribution in [-0.2, 0) is 13.1 Å². The highest BCUT2D eigenvalue weighted by Gasteiger charge is 1.97. The molecule has 78 valence electrons. The summed E-state index contributed by atoms with van der Waals surface area (Å²) in [5, 5.41) is 11.2. The van der Waals surface area contributed by atoms with E-state index in [-0.39, 0.29) is 0 Å². The summed E-state index contributed by atoms with van der Waals surface area (Å²) in [5.74, 6) is 0. The molecule has 0 spiro atoms. The van der Waals surface area contributed by atoms with E-state index >= 15 is 0 Å². The summed E-state index contributed by atoms with van der Waals surface area (Å²) in [6.45, 7) is 3.79. The maximum Gasteiger partial charge on any atom is 0.0769 e. The summed E-state index contributed by atoms with van der Waals surface area (Å²) in [6.07, 6.45) is 1.69. The van der Waals surface area contributed by atoms with Crippen LogP contribution in [0.4, 0.5) is 0 Å². The highest BCUT2D eigenvalue weighted by molar-refractivity contribution is 7.11. The Bertz CT molecular complexity index is 411. The molecule has 0 aliphatic rings. The zero-order valence-corrected chi connectivity index (χ0v) is 9.42. The zero-order valence-electron chi connectivity index (χ0n) is 8.60. The van der Waals surface area contributed by atoms with Crippen LogP contribution in [0.25, 0.3) is 0 Å². The minimum atomic E-state index is 0.769. The lowest BCUT2D eigenvalue weighted by Gasteiger charge is -2.00. The summed E-state index contributed by atoms with van der Waals surface area (Å²) in [4.78, 5) is 2.71. The molecule has 0 radical (unpaired) electrons. The molecule has 2 aromatic rings. The van der Waals surface area contributed by atoms with Crippen molar-refractivity contribution in [1.29, 1.82) is 0 Å². The maximum absolute atomic E-state index is 4.01. The molecular weight excluding hydrogens is 206 g/mol. The zero-order chi connectivity index (χ0) is 10.5. The molecule has 1 N–H and O–H groups in total. The lowest BCUT2D eigenvalue weighted by atomic mass is 10.4. The van der Waals surface area contributed by atoms with Gasteiger partial charge in [0.15, 0.2) is 0 Å². The third-order valence-electron chi connectivity index (χ3n) is 2.03. The van der Waals surface area contributed by atoms with Gasteiger partial charge in [-0.25, -0.2) is 0 Å². The van der Waals surface area contributed by atoms with Gasteiger partial charge in [0.05, 0.1) is 5.69 Å². The lowest BCUT2D eigenvalue weighted by molar-refractivity contribution is 0.676. The van der Waals surface area contributed by atoms with Gasteiger partial charge in [0.25, 0.3) is 0 Å². The van der Waals surface area contributed by atoms with Crippen molar-refractivity contribution < 1.29 is 0 Å². The number of aromatic nitrogens is 2. The highest BCUT2D eigenvalue weighted by atomic mass is 32.1. The molecule has 0 unspecified atom stereocenters. The van der Waals surface area contributed by atoms with E-state index in [9.17, 15) is 0 Å². The fraction of sp³-hybridized carbons (Fsp3) is 0.273. The topological polar surface area (TPSA) is 37.8 Å². The third-order valence-corrected chi connectivity index (χ3v) is 3.03. The molecule has 2 rings (SSSR count). The number of nitrogens with zero attached hydrogens (tertiary/aromatic N) is 2. The molecule has 0 fully saturated rings. The van der Waals surface area contributed by atoms with Crippen molar-refractivity contribution in [2.75, 3.05) is 0 Å². The third kappa shape index (κ3) is 3.11. The van der Waals surface area contributed by atoms with Crippen LogP contribution >= 0.6 is 11.3 Å². The van der Waals surface area contributed by atoms with Crippen molar-refractivity contribution in [3.63, 3.8) is 0 Å². The first-order valence-electron chi connectivity index (χ1n) is 4.87. The van der Waals surface area contributed by atoms with Crippen LogP contribution in [0.2, 0.25) is 0 Å². The Kier molecular flexibility index (Phi) is 3.42. The molecule has 2 heterocycles. The Morgan fingerprint density at radius 2 is 2.20 bits per heavy atom. The summed E-state index contributed by atoms with van der Waals surface area (Å²) >= 11 is 1.82. The molecule has 0 saturated heterocycles. The molecule has 0 aliphatic heterocycles. The average molecular weight is 219 g/mol. The second-order valence-electron chi connectivity index (χ2n) is 3.33. The van der Waals surface area contributed by atoms with E-state index in [4.69, 9.17) is 0 Å². The predicted molar refractivity (Wildman–Crippen MR) is 61.6 cm³/mol. The van der Waals surface area contributed by atoms with Crippen LogP contribution < -0.4 is 5.32 Å². The van der Waals surface area contributed by atoms with E-state index in [1.807, 2.05) is 23.5 Å². The number of aryl methyl sites for hydroxylation is 1. The second-order valence-corrected chi connectivity index (χ2v) is 4.70. The number of rotatable bonds is 4. The molecule has 0 bridgehead atoms. The molecule has 0 amide bonds. The standard InChI is InChI=1S/C11H13N3S/c1-9-4-5-11(15-9)8-12-7-10-3-2-6-13-14-10/h2-6,12H,7-8H2,1H3. The lowest BCUT2D eigenvalue weighted by Crippen LogP contribution is -2.12. The molecular formula is C11H13N3S. The maximum atomic E-state index is 4.01.